The van der Waals surface area contributed by atoms with Crippen LogP contribution < -0.4 is 10.9 Å². The van der Waals surface area contributed by atoms with Gasteiger partial charge in [-0.25, -0.2) is 0 Å². The first-order chi connectivity index (χ1) is 14.5. The zero-order chi connectivity index (χ0) is 21.1. The molecule has 1 unspecified atom stereocenters. The molecule has 0 radical (unpaired) electrons. The molecule has 7 heteroatoms. The van der Waals surface area contributed by atoms with Gasteiger partial charge >= 0.3 is 0 Å². The SMILES string of the molecule is Cc1cc(C)c2[nH]c(=O)c(CN(CC3CCCO3)C(=S)NCc3ccco3)cc2c1. The summed E-state index contributed by atoms with van der Waals surface area (Å²) in [6, 6.07) is 9.91. The first-order valence-corrected chi connectivity index (χ1v) is 10.7. The standard InChI is InChI=1S/C23H27N3O3S/c1-15-9-16(2)21-17(10-15)11-18(22(27)25-21)13-26(14-20-6-4-8-29-20)23(30)24-12-19-5-3-7-28-19/h3,5,7,9-11,20H,4,6,8,12-14H2,1-2H3,(H,24,30)(H,25,27). The van der Waals surface area contributed by atoms with Crippen LogP contribution in [-0.4, -0.2) is 34.3 Å². The van der Waals surface area contributed by atoms with Crippen molar-refractivity contribution in [3.63, 3.8) is 0 Å². The van der Waals surface area contributed by atoms with E-state index in [-0.39, 0.29) is 11.7 Å². The maximum atomic E-state index is 12.8. The Balaban J connectivity index is 1.57. The van der Waals surface area contributed by atoms with E-state index in [0.717, 1.165) is 41.7 Å². The number of aryl methyl sites for hydroxylation is 2. The molecule has 1 fully saturated rings. The average Bonchev–Trinajstić information content (AvgIpc) is 3.41. The Bertz CT molecular complexity index is 1090. The third kappa shape index (κ3) is 4.74. The molecule has 1 aromatic carbocycles. The number of fused-ring (bicyclic) bond motifs is 1. The van der Waals surface area contributed by atoms with Gasteiger partial charge in [0.15, 0.2) is 5.11 Å². The molecule has 0 amide bonds. The first kappa shape index (κ1) is 20.6. The molecule has 158 valence electrons. The number of ether oxygens (including phenoxy) is 1. The summed E-state index contributed by atoms with van der Waals surface area (Å²) >= 11 is 5.67. The number of pyridine rings is 1. The molecule has 0 saturated carbocycles. The highest BCUT2D eigenvalue weighted by Crippen LogP contribution is 2.20. The summed E-state index contributed by atoms with van der Waals surface area (Å²) in [6.07, 6.45) is 3.82. The fraction of sp³-hybridized carbons (Fsp3) is 0.391. The van der Waals surface area contributed by atoms with Gasteiger partial charge in [0.1, 0.15) is 5.76 Å². The number of nitrogens with zero attached hydrogens (tertiary/aromatic N) is 1. The molecule has 1 aliphatic rings. The highest BCUT2D eigenvalue weighted by atomic mass is 32.1. The third-order valence-corrected chi connectivity index (χ3v) is 5.86. The van der Waals surface area contributed by atoms with Gasteiger partial charge in [-0.15, -0.1) is 0 Å². The van der Waals surface area contributed by atoms with Crippen LogP contribution >= 0.6 is 12.2 Å². The number of aromatic nitrogens is 1. The van der Waals surface area contributed by atoms with Crippen LogP contribution in [0.5, 0.6) is 0 Å². The second-order valence-corrected chi connectivity index (χ2v) is 8.31. The summed E-state index contributed by atoms with van der Waals surface area (Å²) in [7, 11) is 0. The molecular formula is C23H27N3O3S. The molecule has 1 aliphatic heterocycles. The van der Waals surface area contributed by atoms with Crippen molar-refractivity contribution in [2.24, 2.45) is 0 Å². The molecular weight excluding hydrogens is 398 g/mol. The molecule has 0 spiro atoms. The molecule has 4 rings (SSSR count). The van der Waals surface area contributed by atoms with E-state index in [1.54, 1.807) is 6.26 Å². The van der Waals surface area contributed by atoms with E-state index < -0.39 is 0 Å². The number of hydrogen-bond acceptors (Lipinski definition) is 4. The molecule has 3 heterocycles. The summed E-state index contributed by atoms with van der Waals surface area (Å²) in [4.78, 5) is 17.9. The summed E-state index contributed by atoms with van der Waals surface area (Å²) in [5.74, 6) is 0.809. The monoisotopic (exact) mass is 425 g/mol. The van der Waals surface area contributed by atoms with Crippen LogP contribution in [-0.2, 0) is 17.8 Å². The minimum atomic E-state index is -0.0828. The highest BCUT2D eigenvalue weighted by molar-refractivity contribution is 7.80. The number of rotatable bonds is 6. The van der Waals surface area contributed by atoms with Crippen molar-refractivity contribution >= 4 is 28.2 Å². The van der Waals surface area contributed by atoms with Gasteiger partial charge in [0, 0.05) is 18.7 Å². The van der Waals surface area contributed by atoms with Gasteiger partial charge in [0.05, 0.1) is 31.0 Å². The number of H-pyrrole nitrogens is 1. The number of nitrogens with one attached hydrogen (secondary N) is 2. The zero-order valence-electron chi connectivity index (χ0n) is 17.4. The van der Waals surface area contributed by atoms with Crippen LogP contribution in [0.3, 0.4) is 0 Å². The molecule has 1 saturated heterocycles. The lowest BCUT2D eigenvalue weighted by Crippen LogP contribution is -2.43. The molecule has 2 aromatic heterocycles. The number of furan rings is 1. The number of hydrogen-bond donors (Lipinski definition) is 2. The molecule has 1 atom stereocenters. The average molecular weight is 426 g/mol. The van der Waals surface area contributed by atoms with E-state index in [1.807, 2.05) is 30.0 Å². The van der Waals surface area contributed by atoms with Crippen molar-refractivity contribution in [1.82, 2.24) is 15.2 Å². The smallest absolute Gasteiger partial charge is 0.253 e. The van der Waals surface area contributed by atoms with Crippen molar-refractivity contribution in [2.45, 2.75) is 45.9 Å². The van der Waals surface area contributed by atoms with Gasteiger partial charge in [0.2, 0.25) is 0 Å². The van der Waals surface area contributed by atoms with Crippen LogP contribution in [0.4, 0.5) is 0 Å². The van der Waals surface area contributed by atoms with Crippen LogP contribution in [0.2, 0.25) is 0 Å². The van der Waals surface area contributed by atoms with Gasteiger partial charge < -0.3 is 24.4 Å². The maximum absolute atomic E-state index is 12.8. The van der Waals surface area contributed by atoms with E-state index in [9.17, 15) is 4.79 Å². The fourth-order valence-corrected chi connectivity index (χ4v) is 4.21. The summed E-state index contributed by atoms with van der Waals surface area (Å²) < 4.78 is 11.2. The van der Waals surface area contributed by atoms with Crippen molar-refractivity contribution in [3.05, 3.63) is 69.4 Å². The van der Waals surface area contributed by atoms with Crippen LogP contribution in [0, 0.1) is 13.8 Å². The lowest BCUT2D eigenvalue weighted by Gasteiger charge is -2.28. The predicted octanol–water partition coefficient (Wildman–Crippen LogP) is 3.79. The first-order valence-electron chi connectivity index (χ1n) is 10.3. The summed E-state index contributed by atoms with van der Waals surface area (Å²) in [5.41, 5.74) is 3.73. The van der Waals surface area contributed by atoms with Gasteiger partial charge in [-0.3, -0.25) is 4.79 Å². The third-order valence-electron chi connectivity index (χ3n) is 5.46. The van der Waals surface area contributed by atoms with Crippen LogP contribution in [0.25, 0.3) is 10.9 Å². The Kier molecular flexibility index (Phi) is 6.20. The van der Waals surface area contributed by atoms with Gasteiger partial charge in [-0.1, -0.05) is 11.6 Å². The lowest BCUT2D eigenvalue weighted by molar-refractivity contribution is 0.0896. The number of aromatic amines is 1. The van der Waals surface area contributed by atoms with Crippen molar-refractivity contribution in [1.29, 1.82) is 0 Å². The second kappa shape index (κ2) is 9.02. The summed E-state index contributed by atoms with van der Waals surface area (Å²) in [6.45, 7) is 6.42. The second-order valence-electron chi connectivity index (χ2n) is 7.92. The van der Waals surface area contributed by atoms with E-state index >= 15 is 0 Å². The predicted molar refractivity (Wildman–Crippen MR) is 122 cm³/mol. The maximum Gasteiger partial charge on any atom is 0.253 e. The Morgan fingerprint density at radius 3 is 2.93 bits per heavy atom. The lowest BCUT2D eigenvalue weighted by atomic mass is 10.1. The van der Waals surface area contributed by atoms with Crippen molar-refractivity contribution in [3.8, 4) is 0 Å². The van der Waals surface area contributed by atoms with E-state index in [2.05, 4.69) is 29.4 Å². The highest BCUT2D eigenvalue weighted by Gasteiger charge is 2.22. The molecule has 0 bridgehead atoms. The molecule has 30 heavy (non-hydrogen) atoms. The number of benzene rings is 1. The molecule has 0 aliphatic carbocycles. The largest absolute Gasteiger partial charge is 0.467 e. The number of thiocarbonyl (C=S) groups is 1. The van der Waals surface area contributed by atoms with Crippen molar-refractivity contribution < 1.29 is 9.15 Å². The zero-order valence-corrected chi connectivity index (χ0v) is 18.2. The molecule has 6 nitrogen and oxygen atoms in total. The van der Waals surface area contributed by atoms with Crippen molar-refractivity contribution in [2.75, 3.05) is 13.2 Å². The topological polar surface area (TPSA) is 70.5 Å². The molecule has 2 N–H and O–H groups in total. The Hall–Kier alpha value is -2.64. The Morgan fingerprint density at radius 1 is 1.33 bits per heavy atom. The van der Waals surface area contributed by atoms with Crippen LogP contribution in [0.1, 0.15) is 35.3 Å². The normalized spacial score (nSPS) is 16.1. The van der Waals surface area contributed by atoms with Gasteiger partial charge in [0.25, 0.3) is 5.56 Å². The summed E-state index contributed by atoms with van der Waals surface area (Å²) in [5, 5.41) is 4.87. The van der Waals surface area contributed by atoms with Gasteiger partial charge in [-0.05, 0) is 74.1 Å². The van der Waals surface area contributed by atoms with E-state index in [0.29, 0.717) is 30.3 Å². The van der Waals surface area contributed by atoms with Crippen LogP contribution in [0.15, 0.2) is 45.8 Å². The Morgan fingerprint density at radius 2 is 2.20 bits per heavy atom. The van der Waals surface area contributed by atoms with Gasteiger partial charge in [-0.2, -0.15) is 0 Å². The minimum Gasteiger partial charge on any atom is -0.467 e. The molecule has 3 aromatic rings. The fourth-order valence-electron chi connectivity index (χ4n) is 4.00. The minimum absolute atomic E-state index is 0.0828. The van der Waals surface area contributed by atoms with E-state index in [1.165, 1.54) is 5.56 Å². The Labute approximate surface area is 181 Å². The quantitative estimate of drug-likeness (QED) is 0.586. The van der Waals surface area contributed by atoms with E-state index in [4.69, 9.17) is 21.4 Å².